The van der Waals surface area contributed by atoms with Gasteiger partial charge in [-0.25, -0.2) is 18.4 Å². The quantitative estimate of drug-likeness (QED) is 0.761. The Morgan fingerprint density at radius 3 is 2.25 bits per heavy atom. The van der Waals surface area contributed by atoms with Crippen molar-refractivity contribution < 1.29 is 27.8 Å². The van der Waals surface area contributed by atoms with E-state index in [-0.39, 0.29) is 32.7 Å². The van der Waals surface area contributed by atoms with E-state index >= 15 is 0 Å². The number of ether oxygens (including phenoxy) is 2. The second-order valence-corrected chi connectivity index (χ2v) is 8.53. The fourth-order valence-electron chi connectivity index (χ4n) is 3.51. The molecule has 0 aromatic heterocycles. The topological polar surface area (TPSA) is 59.1 Å². The van der Waals surface area contributed by atoms with Gasteiger partial charge in [0.05, 0.1) is 12.0 Å². The SMILES string of the molecule is CC(C)(C)OC(=O)N1CC2(CCN(C(=O)OCc3ccccc3)CC2(F)F)C1. The molecule has 0 atom stereocenters. The number of nitrogens with zero attached hydrogens (tertiary/aromatic N) is 2. The lowest BCUT2D eigenvalue weighted by atomic mass is 9.69. The fraction of sp³-hybridized carbons (Fsp3) is 0.600. The molecule has 2 aliphatic heterocycles. The molecule has 0 unspecified atom stereocenters. The van der Waals surface area contributed by atoms with E-state index in [0.717, 1.165) is 10.5 Å². The lowest BCUT2D eigenvalue weighted by Crippen LogP contribution is -2.71. The number of rotatable bonds is 2. The zero-order valence-electron chi connectivity index (χ0n) is 16.4. The predicted molar refractivity (Wildman–Crippen MR) is 98.0 cm³/mol. The van der Waals surface area contributed by atoms with Gasteiger partial charge in [0.2, 0.25) is 0 Å². The molecular weight excluding hydrogens is 370 g/mol. The van der Waals surface area contributed by atoms with Crippen LogP contribution in [0.3, 0.4) is 0 Å². The lowest BCUT2D eigenvalue weighted by Gasteiger charge is -2.56. The van der Waals surface area contributed by atoms with Gasteiger partial charge in [-0.15, -0.1) is 0 Å². The summed E-state index contributed by atoms with van der Waals surface area (Å²) in [7, 11) is 0. The van der Waals surface area contributed by atoms with Crippen molar-refractivity contribution >= 4 is 12.2 Å². The zero-order valence-corrected chi connectivity index (χ0v) is 16.4. The van der Waals surface area contributed by atoms with Crippen LogP contribution in [0.5, 0.6) is 0 Å². The zero-order chi connectivity index (χ0) is 20.6. The molecule has 3 rings (SSSR count). The van der Waals surface area contributed by atoms with Gasteiger partial charge in [0.25, 0.3) is 5.92 Å². The first-order valence-electron chi connectivity index (χ1n) is 9.33. The van der Waals surface area contributed by atoms with Gasteiger partial charge in [-0.3, -0.25) is 0 Å². The number of amides is 2. The Morgan fingerprint density at radius 2 is 1.68 bits per heavy atom. The molecule has 0 aliphatic carbocycles. The third-order valence-corrected chi connectivity index (χ3v) is 5.13. The molecule has 0 radical (unpaired) electrons. The third kappa shape index (κ3) is 4.20. The molecule has 0 bridgehead atoms. The highest BCUT2D eigenvalue weighted by molar-refractivity contribution is 5.70. The highest BCUT2D eigenvalue weighted by Crippen LogP contribution is 2.50. The van der Waals surface area contributed by atoms with Crippen molar-refractivity contribution in [3.05, 3.63) is 35.9 Å². The number of carbonyl (C=O) groups excluding carboxylic acids is 2. The molecule has 2 heterocycles. The van der Waals surface area contributed by atoms with Crippen LogP contribution in [0.15, 0.2) is 30.3 Å². The van der Waals surface area contributed by atoms with Crippen LogP contribution >= 0.6 is 0 Å². The highest BCUT2D eigenvalue weighted by atomic mass is 19.3. The van der Waals surface area contributed by atoms with E-state index in [2.05, 4.69) is 0 Å². The van der Waals surface area contributed by atoms with E-state index in [1.165, 1.54) is 4.90 Å². The van der Waals surface area contributed by atoms with Crippen molar-refractivity contribution in [2.24, 2.45) is 5.41 Å². The first-order valence-corrected chi connectivity index (χ1v) is 9.33. The average molecular weight is 396 g/mol. The monoisotopic (exact) mass is 396 g/mol. The smallest absolute Gasteiger partial charge is 0.410 e. The van der Waals surface area contributed by atoms with Crippen LogP contribution < -0.4 is 0 Å². The molecule has 2 saturated heterocycles. The molecule has 0 N–H and O–H groups in total. The summed E-state index contributed by atoms with van der Waals surface area (Å²) in [4.78, 5) is 26.6. The normalized spacial score (nSPS) is 20.5. The molecule has 154 valence electrons. The summed E-state index contributed by atoms with van der Waals surface area (Å²) < 4.78 is 40.0. The second kappa shape index (κ2) is 7.22. The van der Waals surface area contributed by atoms with Crippen LogP contribution in [0, 0.1) is 5.41 Å². The Hall–Kier alpha value is -2.38. The van der Waals surface area contributed by atoms with Gasteiger partial charge < -0.3 is 19.3 Å². The van der Waals surface area contributed by atoms with Gasteiger partial charge in [-0.1, -0.05) is 30.3 Å². The van der Waals surface area contributed by atoms with Crippen LogP contribution in [0.2, 0.25) is 0 Å². The van der Waals surface area contributed by atoms with E-state index in [1.807, 2.05) is 18.2 Å². The lowest BCUT2D eigenvalue weighted by molar-refractivity contribution is -0.214. The number of likely N-dealkylation sites (tertiary alicyclic amines) is 2. The first-order chi connectivity index (χ1) is 13.0. The van der Waals surface area contributed by atoms with Gasteiger partial charge in [0.1, 0.15) is 12.2 Å². The van der Waals surface area contributed by atoms with Crippen LogP contribution in [-0.2, 0) is 16.1 Å². The Morgan fingerprint density at radius 1 is 1.04 bits per heavy atom. The minimum atomic E-state index is -3.10. The summed E-state index contributed by atoms with van der Waals surface area (Å²) in [6.07, 6.45) is -1.22. The maximum atomic E-state index is 14.8. The Bertz CT molecular complexity index is 727. The summed E-state index contributed by atoms with van der Waals surface area (Å²) in [5.41, 5.74) is -1.18. The average Bonchev–Trinajstić information content (AvgIpc) is 2.56. The van der Waals surface area contributed by atoms with Crippen molar-refractivity contribution in [2.75, 3.05) is 26.2 Å². The van der Waals surface area contributed by atoms with Crippen LogP contribution in [0.1, 0.15) is 32.8 Å². The molecule has 1 aromatic rings. The second-order valence-electron chi connectivity index (χ2n) is 8.53. The van der Waals surface area contributed by atoms with Crippen LogP contribution in [-0.4, -0.2) is 59.7 Å². The molecule has 2 amide bonds. The molecular formula is C20H26F2N2O4. The molecule has 28 heavy (non-hydrogen) atoms. The minimum Gasteiger partial charge on any atom is -0.445 e. The van der Waals surface area contributed by atoms with E-state index in [9.17, 15) is 18.4 Å². The summed E-state index contributed by atoms with van der Waals surface area (Å²) in [6.45, 7) is 4.56. The van der Waals surface area contributed by atoms with Crippen LogP contribution in [0.4, 0.5) is 18.4 Å². The number of alkyl halides is 2. The summed E-state index contributed by atoms with van der Waals surface area (Å²) >= 11 is 0. The number of piperidine rings is 1. The maximum absolute atomic E-state index is 14.8. The minimum absolute atomic E-state index is 0.0410. The summed E-state index contributed by atoms with van der Waals surface area (Å²) in [5.74, 6) is -3.10. The fourth-order valence-corrected chi connectivity index (χ4v) is 3.51. The van der Waals surface area contributed by atoms with Crippen molar-refractivity contribution in [3.63, 3.8) is 0 Å². The van der Waals surface area contributed by atoms with Crippen molar-refractivity contribution in [1.29, 1.82) is 0 Å². The number of halogens is 2. The predicted octanol–water partition coefficient (Wildman–Crippen LogP) is 3.90. The standard InChI is InChI=1S/C20H26F2N2O4/c1-18(2,3)28-17(26)24-12-19(13-24)9-10-23(14-20(19,21)22)16(25)27-11-15-7-5-4-6-8-15/h4-8H,9-14H2,1-3H3. The molecule has 1 aromatic carbocycles. The van der Waals surface area contributed by atoms with Crippen LogP contribution in [0.25, 0.3) is 0 Å². The summed E-state index contributed by atoms with van der Waals surface area (Å²) in [5, 5.41) is 0. The van der Waals surface area contributed by atoms with Crippen molar-refractivity contribution in [1.82, 2.24) is 9.80 Å². The molecule has 0 saturated carbocycles. The van der Waals surface area contributed by atoms with E-state index in [0.29, 0.717) is 0 Å². The van der Waals surface area contributed by atoms with Gasteiger partial charge in [-0.2, -0.15) is 0 Å². The molecule has 8 heteroatoms. The Labute approximate surface area is 163 Å². The van der Waals surface area contributed by atoms with E-state index < -0.39 is 35.7 Å². The van der Waals surface area contributed by atoms with Crippen molar-refractivity contribution in [2.45, 2.75) is 45.3 Å². The maximum Gasteiger partial charge on any atom is 0.410 e. The number of carbonyl (C=O) groups is 2. The van der Waals surface area contributed by atoms with Gasteiger partial charge >= 0.3 is 12.2 Å². The van der Waals surface area contributed by atoms with Crippen molar-refractivity contribution in [3.8, 4) is 0 Å². The van der Waals surface area contributed by atoms with E-state index in [1.54, 1.807) is 32.9 Å². The molecule has 1 spiro atoms. The number of hydrogen-bond acceptors (Lipinski definition) is 4. The third-order valence-electron chi connectivity index (χ3n) is 5.13. The first kappa shape index (κ1) is 20.4. The Balaban J connectivity index is 1.53. The number of benzene rings is 1. The highest BCUT2D eigenvalue weighted by Gasteiger charge is 2.64. The molecule has 6 nitrogen and oxygen atoms in total. The van der Waals surface area contributed by atoms with Gasteiger partial charge in [-0.05, 0) is 32.8 Å². The Kier molecular flexibility index (Phi) is 5.25. The molecule has 2 fully saturated rings. The number of hydrogen-bond donors (Lipinski definition) is 0. The van der Waals surface area contributed by atoms with E-state index in [4.69, 9.17) is 9.47 Å². The van der Waals surface area contributed by atoms with Gasteiger partial charge in [0, 0.05) is 19.6 Å². The molecule has 2 aliphatic rings. The largest absolute Gasteiger partial charge is 0.445 e. The van der Waals surface area contributed by atoms with Gasteiger partial charge in [0.15, 0.2) is 0 Å². The summed E-state index contributed by atoms with van der Waals surface area (Å²) in [6, 6.07) is 9.07.